The predicted octanol–water partition coefficient (Wildman–Crippen LogP) is 1.14. The number of carbonyl (C=O) groups is 2. The number of anilines is 1. The highest BCUT2D eigenvalue weighted by Crippen LogP contribution is 2.31. The number of halogens is 1. The summed E-state index contributed by atoms with van der Waals surface area (Å²) < 4.78 is 0.911. The zero-order chi connectivity index (χ0) is 13.8. The van der Waals surface area contributed by atoms with Gasteiger partial charge in [-0.25, -0.2) is 4.98 Å². The summed E-state index contributed by atoms with van der Waals surface area (Å²) >= 11 is 2.72. The van der Waals surface area contributed by atoms with E-state index in [9.17, 15) is 9.59 Å². The van der Waals surface area contributed by atoms with Crippen LogP contribution in [0.2, 0.25) is 0 Å². The number of rotatable bonds is 5. The molecular weight excluding hydrogens is 320 g/mol. The van der Waals surface area contributed by atoms with Crippen molar-refractivity contribution < 1.29 is 9.59 Å². The van der Waals surface area contributed by atoms with Crippen LogP contribution in [0.5, 0.6) is 0 Å². The molecule has 112 valence electrons. The Hall–Kier alpha value is -0.830. The van der Waals surface area contributed by atoms with Crippen LogP contribution >= 0.6 is 35.5 Å². The Morgan fingerprint density at radius 2 is 2.35 bits per heavy atom. The third-order valence-corrected chi connectivity index (χ3v) is 5.16. The van der Waals surface area contributed by atoms with Gasteiger partial charge in [-0.05, 0) is 26.3 Å². The van der Waals surface area contributed by atoms with Crippen LogP contribution in [0.1, 0.15) is 18.5 Å². The minimum absolute atomic E-state index is 0. The van der Waals surface area contributed by atoms with Gasteiger partial charge in [0.25, 0.3) is 0 Å². The quantitative estimate of drug-likeness (QED) is 0.701. The van der Waals surface area contributed by atoms with E-state index in [1.807, 2.05) is 6.92 Å². The first-order valence-corrected chi connectivity index (χ1v) is 7.79. The van der Waals surface area contributed by atoms with Gasteiger partial charge in [-0.1, -0.05) is 11.3 Å². The molecule has 0 radical (unpaired) electrons. The van der Waals surface area contributed by atoms with Gasteiger partial charge in [0.15, 0.2) is 5.13 Å². The highest BCUT2D eigenvalue weighted by Gasteiger charge is 2.23. The monoisotopic (exact) mass is 336 g/mol. The summed E-state index contributed by atoms with van der Waals surface area (Å²) in [6.07, 6.45) is 1.88. The van der Waals surface area contributed by atoms with E-state index < -0.39 is 0 Å². The number of nitrogens with one attached hydrogen (secondary N) is 2. The number of primary amides is 1. The predicted molar refractivity (Wildman–Crippen MR) is 83.7 cm³/mol. The summed E-state index contributed by atoms with van der Waals surface area (Å²) in [5.41, 5.74) is 5.92. The van der Waals surface area contributed by atoms with Crippen LogP contribution < -0.4 is 16.4 Å². The lowest BCUT2D eigenvalue weighted by Gasteiger charge is -2.08. The lowest BCUT2D eigenvalue weighted by Crippen LogP contribution is -2.35. The van der Waals surface area contributed by atoms with E-state index in [4.69, 9.17) is 5.73 Å². The smallest absolute Gasteiger partial charge is 0.243 e. The van der Waals surface area contributed by atoms with E-state index in [0.717, 1.165) is 29.3 Å². The van der Waals surface area contributed by atoms with Crippen molar-refractivity contribution in [2.45, 2.75) is 30.0 Å². The fourth-order valence-corrected chi connectivity index (χ4v) is 3.69. The Bertz CT molecular complexity index is 489. The van der Waals surface area contributed by atoms with Gasteiger partial charge in [0.2, 0.25) is 11.8 Å². The van der Waals surface area contributed by atoms with Crippen molar-refractivity contribution in [1.82, 2.24) is 10.3 Å². The molecule has 0 bridgehead atoms. The molecule has 1 aromatic heterocycles. The summed E-state index contributed by atoms with van der Waals surface area (Å²) in [7, 11) is 0. The highest BCUT2D eigenvalue weighted by atomic mass is 35.5. The molecular formula is C11H17ClN4O2S2. The van der Waals surface area contributed by atoms with Crippen LogP contribution in [0.25, 0.3) is 0 Å². The summed E-state index contributed by atoms with van der Waals surface area (Å²) in [5.74, 6) is -0.183. The number of thioether (sulfide) groups is 1. The normalized spacial score (nSPS) is 17.6. The van der Waals surface area contributed by atoms with Crippen molar-refractivity contribution in [3.63, 3.8) is 0 Å². The lowest BCUT2D eigenvalue weighted by molar-refractivity contribution is -0.118. The van der Waals surface area contributed by atoms with Gasteiger partial charge in [0.05, 0.1) is 21.7 Å². The van der Waals surface area contributed by atoms with E-state index in [1.54, 1.807) is 0 Å². The van der Waals surface area contributed by atoms with Gasteiger partial charge < -0.3 is 16.4 Å². The number of aromatic nitrogens is 1. The van der Waals surface area contributed by atoms with Crippen LogP contribution in [0.4, 0.5) is 5.13 Å². The lowest BCUT2D eigenvalue weighted by atomic mass is 10.2. The van der Waals surface area contributed by atoms with Crippen molar-refractivity contribution in [3.8, 4) is 0 Å². The molecule has 0 spiro atoms. The largest absolute Gasteiger partial charge is 0.369 e. The maximum absolute atomic E-state index is 11.9. The van der Waals surface area contributed by atoms with Crippen LogP contribution in [-0.4, -0.2) is 35.1 Å². The first kappa shape index (κ1) is 17.2. The maximum atomic E-state index is 11.9. The van der Waals surface area contributed by atoms with Crippen molar-refractivity contribution >= 4 is 52.5 Å². The molecule has 2 heterocycles. The minimum Gasteiger partial charge on any atom is -0.369 e. The van der Waals surface area contributed by atoms with E-state index in [0.29, 0.717) is 5.13 Å². The number of hydrogen-bond donors (Lipinski definition) is 3. The Balaban J connectivity index is 0.00000200. The second-order valence-corrected chi connectivity index (χ2v) is 6.53. The van der Waals surface area contributed by atoms with Gasteiger partial charge in [-0.3, -0.25) is 9.59 Å². The number of amides is 2. The molecule has 9 heteroatoms. The molecule has 1 saturated heterocycles. The van der Waals surface area contributed by atoms with Crippen LogP contribution in [-0.2, 0) is 9.59 Å². The van der Waals surface area contributed by atoms with Crippen LogP contribution in [0.15, 0.2) is 4.21 Å². The molecule has 2 amide bonds. The minimum atomic E-state index is -0.362. The average Bonchev–Trinajstić information content (AvgIpc) is 2.96. The third kappa shape index (κ3) is 4.62. The van der Waals surface area contributed by atoms with Gasteiger partial charge in [-0.2, -0.15) is 0 Å². The Labute approximate surface area is 131 Å². The van der Waals surface area contributed by atoms with Crippen LogP contribution in [0.3, 0.4) is 0 Å². The van der Waals surface area contributed by atoms with Gasteiger partial charge >= 0.3 is 0 Å². The molecule has 0 aromatic carbocycles. The Morgan fingerprint density at radius 1 is 1.60 bits per heavy atom. The molecule has 1 aromatic rings. The first-order valence-electron chi connectivity index (χ1n) is 5.99. The molecule has 20 heavy (non-hydrogen) atoms. The summed E-state index contributed by atoms with van der Waals surface area (Å²) in [6.45, 7) is 2.73. The second-order valence-electron chi connectivity index (χ2n) is 4.29. The number of thiazole rings is 1. The zero-order valence-electron chi connectivity index (χ0n) is 11.0. The number of carbonyl (C=O) groups excluding carboxylic acids is 2. The summed E-state index contributed by atoms with van der Waals surface area (Å²) in [5, 5.41) is 6.52. The van der Waals surface area contributed by atoms with E-state index in [1.165, 1.54) is 23.1 Å². The number of aryl methyl sites for hydroxylation is 1. The molecule has 1 fully saturated rings. The zero-order valence-corrected chi connectivity index (χ0v) is 13.4. The average molecular weight is 337 g/mol. The summed E-state index contributed by atoms with van der Waals surface area (Å²) in [6, 6.07) is -0.120. The molecule has 0 aliphatic carbocycles. The molecule has 2 rings (SSSR count). The SMILES string of the molecule is Cc1nc(NC(=O)C2CCCN2)sc1SCC(N)=O.Cl. The molecule has 0 saturated carbocycles. The van der Waals surface area contributed by atoms with Gasteiger partial charge in [0.1, 0.15) is 0 Å². The Kier molecular flexibility index (Phi) is 6.74. The van der Waals surface area contributed by atoms with E-state index in [2.05, 4.69) is 15.6 Å². The van der Waals surface area contributed by atoms with Crippen molar-refractivity contribution in [2.24, 2.45) is 5.73 Å². The fourth-order valence-electron chi connectivity index (χ4n) is 1.81. The molecule has 1 aliphatic rings. The maximum Gasteiger partial charge on any atom is 0.243 e. The molecule has 1 atom stereocenters. The van der Waals surface area contributed by atoms with Crippen molar-refractivity contribution in [1.29, 1.82) is 0 Å². The second kappa shape index (κ2) is 7.82. The van der Waals surface area contributed by atoms with Gasteiger partial charge in [0, 0.05) is 0 Å². The standard InChI is InChI=1S/C11H16N4O2S2.ClH/c1-6-10(18-5-8(12)16)19-11(14-6)15-9(17)7-3-2-4-13-7;/h7,13H,2-5H2,1H3,(H2,12,16)(H,14,15,17);1H. The summed E-state index contributed by atoms with van der Waals surface area (Å²) in [4.78, 5) is 26.9. The fraction of sp³-hybridized carbons (Fsp3) is 0.545. The number of hydrogen-bond acceptors (Lipinski definition) is 6. The highest BCUT2D eigenvalue weighted by molar-refractivity contribution is 8.01. The molecule has 6 nitrogen and oxygen atoms in total. The number of nitrogens with zero attached hydrogens (tertiary/aromatic N) is 1. The topological polar surface area (TPSA) is 97.1 Å². The molecule has 4 N–H and O–H groups in total. The number of nitrogens with two attached hydrogens (primary N) is 1. The molecule has 1 unspecified atom stereocenters. The first-order chi connectivity index (χ1) is 9.06. The van der Waals surface area contributed by atoms with Crippen molar-refractivity contribution in [2.75, 3.05) is 17.6 Å². The molecule has 1 aliphatic heterocycles. The van der Waals surface area contributed by atoms with Crippen molar-refractivity contribution in [3.05, 3.63) is 5.69 Å². The van der Waals surface area contributed by atoms with Gasteiger partial charge in [-0.15, -0.1) is 24.2 Å². The Morgan fingerprint density at radius 3 is 2.95 bits per heavy atom. The van der Waals surface area contributed by atoms with E-state index >= 15 is 0 Å². The van der Waals surface area contributed by atoms with E-state index in [-0.39, 0.29) is 36.0 Å². The van der Waals surface area contributed by atoms with Crippen LogP contribution in [0, 0.1) is 6.92 Å². The third-order valence-electron chi connectivity index (χ3n) is 2.71.